The van der Waals surface area contributed by atoms with Gasteiger partial charge in [0.25, 0.3) is 0 Å². The van der Waals surface area contributed by atoms with Crippen molar-refractivity contribution in [2.45, 2.75) is 13.0 Å². The van der Waals surface area contributed by atoms with Crippen LogP contribution in [0.15, 0.2) is 12.1 Å². The summed E-state index contributed by atoms with van der Waals surface area (Å²) < 4.78 is 24.3. The lowest BCUT2D eigenvalue weighted by atomic mass is 10.1. The van der Waals surface area contributed by atoms with Gasteiger partial charge in [-0.2, -0.15) is 0 Å². The van der Waals surface area contributed by atoms with Crippen molar-refractivity contribution in [2.75, 3.05) is 26.4 Å². The molecule has 0 radical (unpaired) electrons. The molecule has 1 fully saturated rings. The summed E-state index contributed by atoms with van der Waals surface area (Å²) in [6, 6.07) is 3.16. The first-order chi connectivity index (χ1) is 8.22. The summed E-state index contributed by atoms with van der Waals surface area (Å²) >= 11 is 6.00. The van der Waals surface area contributed by atoms with Crippen LogP contribution >= 0.6 is 24.0 Å². The highest BCUT2D eigenvalue weighted by atomic mass is 35.5. The Morgan fingerprint density at radius 2 is 2.33 bits per heavy atom. The van der Waals surface area contributed by atoms with E-state index in [1.165, 1.54) is 6.07 Å². The molecule has 0 aliphatic carbocycles. The van der Waals surface area contributed by atoms with E-state index in [1.54, 1.807) is 13.0 Å². The Bertz CT molecular complexity index is 375. The van der Waals surface area contributed by atoms with Crippen LogP contribution in [0.1, 0.15) is 18.5 Å². The molecule has 1 heterocycles. The molecule has 1 aliphatic rings. The zero-order valence-electron chi connectivity index (χ0n) is 10.0. The summed E-state index contributed by atoms with van der Waals surface area (Å²) in [6.45, 7) is 4.16. The van der Waals surface area contributed by atoms with Crippen molar-refractivity contribution in [1.29, 1.82) is 0 Å². The molecule has 102 valence electrons. The van der Waals surface area contributed by atoms with Gasteiger partial charge in [-0.1, -0.05) is 11.6 Å². The fourth-order valence-electron chi connectivity index (χ4n) is 1.84. The molecule has 0 saturated carbocycles. The van der Waals surface area contributed by atoms with Gasteiger partial charge in [0, 0.05) is 6.54 Å². The van der Waals surface area contributed by atoms with Crippen LogP contribution in [-0.4, -0.2) is 26.4 Å². The van der Waals surface area contributed by atoms with Crippen molar-refractivity contribution < 1.29 is 13.9 Å². The van der Waals surface area contributed by atoms with Crippen LogP contribution in [-0.2, 0) is 4.74 Å². The van der Waals surface area contributed by atoms with E-state index in [0.717, 1.165) is 12.1 Å². The van der Waals surface area contributed by atoms with Gasteiger partial charge in [0.1, 0.15) is 0 Å². The Morgan fingerprint density at radius 3 is 2.89 bits per heavy atom. The molecule has 0 unspecified atom stereocenters. The molecule has 3 nitrogen and oxygen atoms in total. The zero-order chi connectivity index (χ0) is 12.3. The van der Waals surface area contributed by atoms with Crippen LogP contribution in [0.5, 0.6) is 5.75 Å². The Morgan fingerprint density at radius 1 is 1.56 bits per heavy atom. The fourth-order valence-corrected chi connectivity index (χ4v) is 2.11. The summed E-state index contributed by atoms with van der Waals surface area (Å²) in [6.07, 6.45) is 0. The standard InChI is InChI=1S/C12H15ClFNO2.ClH/c1-2-17-12-9(13)5-8(6-10(12)14)11-7-16-4-3-15-11;/h5-6,11,15H,2-4,7H2,1H3;1H/t11-;/m1./s1. The van der Waals surface area contributed by atoms with Crippen LogP contribution < -0.4 is 10.1 Å². The molecule has 1 N–H and O–H groups in total. The van der Waals surface area contributed by atoms with Crippen LogP contribution in [0.4, 0.5) is 4.39 Å². The van der Waals surface area contributed by atoms with E-state index in [1.807, 2.05) is 0 Å². The van der Waals surface area contributed by atoms with Crippen molar-refractivity contribution in [3.63, 3.8) is 0 Å². The molecule has 18 heavy (non-hydrogen) atoms. The maximum atomic E-state index is 13.8. The second kappa shape index (κ2) is 7.14. The van der Waals surface area contributed by atoms with Gasteiger partial charge < -0.3 is 14.8 Å². The first-order valence-electron chi connectivity index (χ1n) is 5.65. The van der Waals surface area contributed by atoms with Gasteiger partial charge in [-0.05, 0) is 24.6 Å². The molecule has 1 saturated heterocycles. The minimum Gasteiger partial charge on any atom is -0.489 e. The van der Waals surface area contributed by atoms with Crippen LogP contribution in [0.3, 0.4) is 0 Å². The van der Waals surface area contributed by atoms with Gasteiger partial charge in [-0.3, -0.25) is 0 Å². The molecule has 1 aromatic carbocycles. The Balaban J connectivity index is 0.00000162. The fraction of sp³-hybridized carbons (Fsp3) is 0.500. The Hall–Kier alpha value is -0.550. The van der Waals surface area contributed by atoms with Crippen molar-refractivity contribution in [3.05, 3.63) is 28.5 Å². The Kier molecular flexibility index (Phi) is 6.15. The van der Waals surface area contributed by atoms with Crippen molar-refractivity contribution in [1.82, 2.24) is 5.32 Å². The van der Waals surface area contributed by atoms with E-state index in [2.05, 4.69) is 5.32 Å². The monoisotopic (exact) mass is 295 g/mol. The van der Waals surface area contributed by atoms with E-state index in [9.17, 15) is 4.39 Å². The molecule has 1 atom stereocenters. The van der Waals surface area contributed by atoms with E-state index >= 15 is 0 Å². The number of nitrogens with one attached hydrogen (secondary N) is 1. The van der Waals surface area contributed by atoms with Gasteiger partial charge >= 0.3 is 0 Å². The third-order valence-corrected chi connectivity index (χ3v) is 2.91. The van der Waals surface area contributed by atoms with Crippen molar-refractivity contribution in [3.8, 4) is 5.75 Å². The molecule has 0 amide bonds. The van der Waals surface area contributed by atoms with Crippen molar-refractivity contribution in [2.24, 2.45) is 0 Å². The molecular weight excluding hydrogens is 280 g/mol. The molecular formula is C12H16Cl2FNO2. The summed E-state index contributed by atoms with van der Waals surface area (Å²) in [5.74, 6) is -0.309. The Labute approximate surface area is 117 Å². The lowest BCUT2D eigenvalue weighted by Gasteiger charge is -2.24. The maximum Gasteiger partial charge on any atom is 0.173 e. The second-order valence-corrected chi connectivity index (χ2v) is 4.24. The largest absolute Gasteiger partial charge is 0.489 e. The molecule has 1 aromatic rings. The molecule has 0 bridgehead atoms. The maximum absolute atomic E-state index is 13.8. The zero-order valence-corrected chi connectivity index (χ0v) is 11.6. The highest BCUT2D eigenvalue weighted by Crippen LogP contribution is 2.31. The third kappa shape index (κ3) is 3.48. The normalized spacial score (nSPS) is 19.2. The summed E-state index contributed by atoms with van der Waals surface area (Å²) in [5, 5.41) is 3.55. The van der Waals surface area contributed by atoms with E-state index in [-0.39, 0.29) is 24.2 Å². The number of hydrogen-bond donors (Lipinski definition) is 1. The summed E-state index contributed by atoms with van der Waals surface area (Å²) in [5.41, 5.74) is 0.788. The van der Waals surface area contributed by atoms with Gasteiger partial charge in [0.2, 0.25) is 0 Å². The average molecular weight is 296 g/mol. The van der Waals surface area contributed by atoms with Gasteiger partial charge in [-0.25, -0.2) is 4.39 Å². The van der Waals surface area contributed by atoms with Gasteiger partial charge in [0.05, 0.1) is 30.9 Å². The lowest BCUT2D eigenvalue weighted by molar-refractivity contribution is 0.0767. The highest BCUT2D eigenvalue weighted by Gasteiger charge is 2.19. The van der Waals surface area contributed by atoms with E-state index in [0.29, 0.717) is 24.8 Å². The van der Waals surface area contributed by atoms with Crippen molar-refractivity contribution >= 4 is 24.0 Å². The molecule has 2 rings (SSSR count). The predicted molar refractivity (Wildman–Crippen MR) is 71.4 cm³/mol. The third-order valence-electron chi connectivity index (χ3n) is 2.63. The first-order valence-corrected chi connectivity index (χ1v) is 6.03. The minimum atomic E-state index is -0.429. The quantitative estimate of drug-likeness (QED) is 0.930. The van der Waals surface area contributed by atoms with Crippen LogP contribution in [0.2, 0.25) is 5.02 Å². The van der Waals surface area contributed by atoms with Gasteiger partial charge in [0.15, 0.2) is 11.6 Å². The summed E-state index contributed by atoms with van der Waals surface area (Å²) in [4.78, 5) is 0. The molecule has 6 heteroatoms. The predicted octanol–water partition coefficient (Wildman–Crippen LogP) is 2.96. The van der Waals surface area contributed by atoms with E-state index < -0.39 is 5.82 Å². The summed E-state index contributed by atoms with van der Waals surface area (Å²) in [7, 11) is 0. The number of benzene rings is 1. The highest BCUT2D eigenvalue weighted by molar-refractivity contribution is 6.32. The molecule has 0 aromatic heterocycles. The van der Waals surface area contributed by atoms with Crippen LogP contribution in [0.25, 0.3) is 0 Å². The first kappa shape index (κ1) is 15.5. The number of halogens is 3. The average Bonchev–Trinajstić information content (AvgIpc) is 2.35. The minimum absolute atomic E-state index is 0. The molecule has 1 aliphatic heterocycles. The number of hydrogen-bond acceptors (Lipinski definition) is 3. The number of ether oxygens (including phenoxy) is 2. The topological polar surface area (TPSA) is 30.5 Å². The number of morpholine rings is 1. The lowest BCUT2D eigenvalue weighted by Crippen LogP contribution is -2.34. The van der Waals surface area contributed by atoms with Crippen LogP contribution in [0, 0.1) is 5.82 Å². The van der Waals surface area contributed by atoms with E-state index in [4.69, 9.17) is 21.1 Å². The molecule has 0 spiro atoms. The van der Waals surface area contributed by atoms with Gasteiger partial charge in [-0.15, -0.1) is 12.4 Å². The SMILES string of the molecule is CCOc1c(F)cc([C@H]2COCCN2)cc1Cl.Cl. The smallest absolute Gasteiger partial charge is 0.173 e. The number of rotatable bonds is 3. The second-order valence-electron chi connectivity index (χ2n) is 3.83.